The Kier molecular flexibility index (Phi) is 6.81. The highest BCUT2D eigenvalue weighted by Gasteiger charge is 2.16. The molecular formula is C15H26N2O2. The Balaban J connectivity index is 2.90. The van der Waals surface area contributed by atoms with Gasteiger partial charge in [-0.05, 0) is 31.4 Å². The first-order chi connectivity index (χ1) is 9.17. The maximum absolute atomic E-state index is 9.75. The topological polar surface area (TPSA) is 56.6 Å². The van der Waals surface area contributed by atoms with E-state index in [1.165, 1.54) is 0 Å². The third kappa shape index (κ3) is 4.18. The molecule has 108 valence electrons. The lowest BCUT2D eigenvalue weighted by Gasteiger charge is -2.32. The van der Waals surface area contributed by atoms with E-state index >= 15 is 0 Å². The molecule has 0 aliphatic rings. The summed E-state index contributed by atoms with van der Waals surface area (Å²) in [5.74, 6) is 0. The van der Waals surface area contributed by atoms with Gasteiger partial charge in [0.25, 0.3) is 0 Å². The maximum Gasteiger partial charge on any atom is 0.0957 e. The van der Waals surface area contributed by atoms with Crippen LogP contribution in [-0.2, 0) is 0 Å². The molecule has 1 aromatic rings. The molecule has 4 nitrogen and oxygen atoms in total. The summed E-state index contributed by atoms with van der Waals surface area (Å²) < 4.78 is 0. The number of nitrogens with zero attached hydrogens (tertiary/aromatic N) is 2. The van der Waals surface area contributed by atoms with Crippen molar-refractivity contribution in [2.45, 2.75) is 52.2 Å². The van der Waals surface area contributed by atoms with Crippen LogP contribution in [0.3, 0.4) is 0 Å². The Bertz CT molecular complexity index is 350. The van der Waals surface area contributed by atoms with Crippen molar-refractivity contribution in [1.29, 1.82) is 0 Å². The van der Waals surface area contributed by atoms with Crippen LogP contribution in [0.15, 0.2) is 18.3 Å². The number of hydrogen-bond donors (Lipinski definition) is 2. The third-order valence-electron chi connectivity index (χ3n) is 3.55. The van der Waals surface area contributed by atoms with Crippen LogP contribution in [0.4, 0.5) is 5.69 Å². The minimum absolute atomic E-state index is 0.135. The first-order valence-corrected chi connectivity index (χ1v) is 7.19. The summed E-state index contributed by atoms with van der Waals surface area (Å²) in [5, 5.41) is 19.0. The first-order valence-electron chi connectivity index (χ1n) is 7.19. The van der Waals surface area contributed by atoms with Crippen molar-refractivity contribution in [3.05, 3.63) is 24.0 Å². The third-order valence-corrected chi connectivity index (χ3v) is 3.55. The van der Waals surface area contributed by atoms with Crippen molar-refractivity contribution in [1.82, 2.24) is 4.98 Å². The molecule has 0 amide bonds. The first kappa shape index (κ1) is 15.9. The largest absolute Gasteiger partial charge is 0.395 e. The van der Waals surface area contributed by atoms with Crippen molar-refractivity contribution in [3.8, 4) is 0 Å². The summed E-state index contributed by atoms with van der Waals surface area (Å²) in [5.41, 5.74) is 1.72. The number of anilines is 1. The molecule has 0 spiro atoms. The summed E-state index contributed by atoms with van der Waals surface area (Å²) in [6, 6.07) is 4.27. The predicted molar refractivity (Wildman–Crippen MR) is 78.3 cm³/mol. The zero-order valence-electron chi connectivity index (χ0n) is 12.2. The second-order valence-corrected chi connectivity index (χ2v) is 4.75. The van der Waals surface area contributed by atoms with E-state index in [-0.39, 0.29) is 6.61 Å². The van der Waals surface area contributed by atoms with E-state index in [2.05, 4.69) is 23.7 Å². The van der Waals surface area contributed by atoms with Crippen LogP contribution in [0.1, 0.15) is 51.8 Å². The highest BCUT2D eigenvalue weighted by atomic mass is 16.3. The van der Waals surface area contributed by atoms with Gasteiger partial charge in [0.1, 0.15) is 0 Å². The van der Waals surface area contributed by atoms with Gasteiger partial charge in [-0.2, -0.15) is 0 Å². The Morgan fingerprint density at radius 2 is 1.84 bits per heavy atom. The smallest absolute Gasteiger partial charge is 0.0957 e. The fourth-order valence-corrected chi connectivity index (χ4v) is 2.33. The van der Waals surface area contributed by atoms with Gasteiger partial charge in [0.05, 0.1) is 30.3 Å². The molecule has 0 saturated heterocycles. The monoisotopic (exact) mass is 266 g/mol. The number of hydrogen-bond acceptors (Lipinski definition) is 4. The second kappa shape index (κ2) is 8.12. The van der Waals surface area contributed by atoms with E-state index in [4.69, 9.17) is 0 Å². The molecule has 4 heteroatoms. The summed E-state index contributed by atoms with van der Waals surface area (Å²) in [7, 11) is 0. The SMILES string of the molecule is CCC(CC)N(CCO)c1ccc([C@H](O)CC)nc1. The quantitative estimate of drug-likeness (QED) is 0.759. The lowest BCUT2D eigenvalue weighted by Crippen LogP contribution is -2.36. The lowest BCUT2D eigenvalue weighted by atomic mass is 10.1. The van der Waals surface area contributed by atoms with Crippen LogP contribution in [0.25, 0.3) is 0 Å². The van der Waals surface area contributed by atoms with Crippen molar-refractivity contribution < 1.29 is 10.2 Å². The van der Waals surface area contributed by atoms with Gasteiger partial charge in [-0.3, -0.25) is 4.98 Å². The average molecular weight is 266 g/mol. The van der Waals surface area contributed by atoms with Gasteiger partial charge in [-0.25, -0.2) is 0 Å². The Morgan fingerprint density at radius 3 is 2.26 bits per heavy atom. The van der Waals surface area contributed by atoms with Gasteiger partial charge < -0.3 is 15.1 Å². The normalized spacial score (nSPS) is 12.7. The van der Waals surface area contributed by atoms with Crippen molar-refractivity contribution in [2.24, 2.45) is 0 Å². The number of aliphatic hydroxyl groups is 2. The summed E-state index contributed by atoms with van der Waals surface area (Å²) >= 11 is 0. The van der Waals surface area contributed by atoms with Gasteiger partial charge in [0, 0.05) is 12.6 Å². The fraction of sp³-hybridized carbons (Fsp3) is 0.667. The molecule has 0 aliphatic heterocycles. The standard InChI is InChI=1S/C15H26N2O2/c1-4-12(5-2)17(9-10-18)13-7-8-14(16-11-13)15(19)6-3/h7-8,11-12,15,18-19H,4-6,9-10H2,1-3H3/t15-/m1/s1. The summed E-state index contributed by atoms with van der Waals surface area (Å²) in [6.45, 7) is 6.99. The van der Waals surface area contributed by atoms with E-state index in [9.17, 15) is 10.2 Å². The Labute approximate surface area is 116 Å². The zero-order chi connectivity index (χ0) is 14.3. The summed E-state index contributed by atoms with van der Waals surface area (Å²) in [4.78, 5) is 6.52. The van der Waals surface area contributed by atoms with Crippen LogP contribution in [0, 0.1) is 0 Å². The number of aliphatic hydroxyl groups excluding tert-OH is 2. The molecule has 0 saturated carbocycles. The van der Waals surface area contributed by atoms with E-state index in [0.717, 1.165) is 18.5 Å². The molecule has 0 aromatic carbocycles. The van der Waals surface area contributed by atoms with E-state index < -0.39 is 6.10 Å². The molecule has 1 atom stereocenters. The van der Waals surface area contributed by atoms with Crippen LogP contribution in [0.5, 0.6) is 0 Å². The van der Waals surface area contributed by atoms with E-state index in [1.807, 2.05) is 19.1 Å². The van der Waals surface area contributed by atoms with Crippen molar-refractivity contribution in [3.63, 3.8) is 0 Å². The van der Waals surface area contributed by atoms with Crippen molar-refractivity contribution >= 4 is 5.69 Å². The molecule has 0 unspecified atom stereocenters. The highest BCUT2D eigenvalue weighted by Crippen LogP contribution is 2.22. The lowest BCUT2D eigenvalue weighted by molar-refractivity contribution is 0.169. The van der Waals surface area contributed by atoms with Gasteiger partial charge in [0.15, 0.2) is 0 Å². The van der Waals surface area contributed by atoms with E-state index in [0.29, 0.717) is 24.7 Å². The van der Waals surface area contributed by atoms with Gasteiger partial charge in [-0.1, -0.05) is 20.8 Å². The predicted octanol–water partition coefficient (Wildman–Crippen LogP) is 2.51. The molecule has 0 fully saturated rings. The van der Waals surface area contributed by atoms with Gasteiger partial charge in [-0.15, -0.1) is 0 Å². The summed E-state index contributed by atoms with van der Waals surface area (Å²) in [6.07, 6.45) is 4.04. The second-order valence-electron chi connectivity index (χ2n) is 4.75. The molecule has 19 heavy (non-hydrogen) atoms. The molecule has 2 N–H and O–H groups in total. The molecule has 0 aliphatic carbocycles. The van der Waals surface area contributed by atoms with Gasteiger partial charge in [0.2, 0.25) is 0 Å². The minimum Gasteiger partial charge on any atom is -0.395 e. The fourth-order valence-electron chi connectivity index (χ4n) is 2.33. The molecular weight excluding hydrogens is 240 g/mol. The van der Waals surface area contributed by atoms with Crippen LogP contribution in [0.2, 0.25) is 0 Å². The molecule has 0 bridgehead atoms. The number of aromatic nitrogens is 1. The van der Waals surface area contributed by atoms with Crippen molar-refractivity contribution in [2.75, 3.05) is 18.1 Å². The molecule has 1 heterocycles. The highest BCUT2D eigenvalue weighted by molar-refractivity contribution is 5.46. The molecule has 1 aromatic heterocycles. The van der Waals surface area contributed by atoms with Crippen LogP contribution >= 0.6 is 0 Å². The van der Waals surface area contributed by atoms with E-state index in [1.54, 1.807) is 6.20 Å². The Hall–Kier alpha value is -1.13. The zero-order valence-corrected chi connectivity index (χ0v) is 12.2. The van der Waals surface area contributed by atoms with Crippen LogP contribution in [-0.4, -0.2) is 34.4 Å². The number of rotatable bonds is 8. The van der Waals surface area contributed by atoms with Gasteiger partial charge >= 0.3 is 0 Å². The molecule has 0 radical (unpaired) electrons. The van der Waals surface area contributed by atoms with Crippen LogP contribution < -0.4 is 4.90 Å². The number of pyridine rings is 1. The average Bonchev–Trinajstić information content (AvgIpc) is 2.47. The maximum atomic E-state index is 9.75. The Morgan fingerprint density at radius 1 is 1.16 bits per heavy atom. The minimum atomic E-state index is -0.492. The molecule has 1 rings (SSSR count).